The molecule has 2 unspecified atom stereocenters. The van der Waals surface area contributed by atoms with E-state index in [2.05, 4.69) is 5.32 Å². The second kappa shape index (κ2) is 5.53. The molecule has 0 spiro atoms. The molecule has 1 aliphatic rings. The van der Waals surface area contributed by atoms with E-state index in [-0.39, 0.29) is 17.9 Å². The predicted molar refractivity (Wildman–Crippen MR) is 69.1 cm³/mol. The molecule has 3 N–H and O–H groups in total. The van der Waals surface area contributed by atoms with E-state index in [1.165, 1.54) is 4.90 Å². The fourth-order valence-corrected chi connectivity index (χ4v) is 2.16. The van der Waals surface area contributed by atoms with E-state index < -0.39 is 0 Å². The first kappa shape index (κ1) is 12.4. The monoisotopic (exact) mass is 252 g/mol. The second-order valence-corrected chi connectivity index (χ2v) is 4.91. The Morgan fingerprint density at radius 2 is 2.12 bits per heavy atom. The smallest absolute Gasteiger partial charge is 0.231 e. The van der Waals surface area contributed by atoms with Crippen molar-refractivity contribution < 1.29 is 9.53 Å². The summed E-state index contributed by atoms with van der Waals surface area (Å²) in [6, 6.07) is 7.55. The van der Waals surface area contributed by atoms with Crippen LogP contribution in [0.4, 0.5) is 5.69 Å². The first-order valence-electron chi connectivity index (χ1n) is 5.49. The molecule has 5 heteroatoms. The molecule has 4 nitrogen and oxygen atoms in total. The Morgan fingerprint density at radius 3 is 2.65 bits per heavy atom. The van der Waals surface area contributed by atoms with Gasteiger partial charge in [0.2, 0.25) is 5.91 Å². The van der Waals surface area contributed by atoms with E-state index in [0.29, 0.717) is 13.2 Å². The van der Waals surface area contributed by atoms with Gasteiger partial charge in [0.1, 0.15) is 0 Å². The van der Waals surface area contributed by atoms with Crippen molar-refractivity contribution in [1.29, 1.82) is 0 Å². The first-order valence-corrected chi connectivity index (χ1v) is 6.71. The molecule has 0 aromatic heterocycles. The van der Waals surface area contributed by atoms with Crippen molar-refractivity contribution in [1.82, 2.24) is 0 Å². The van der Waals surface area contributed by atoms with Gasteiger partial charge in [0, 0.05) is 16.6 Å². The van der Waals surface area contributed by atoms with Crippen LogP contribution in [0.1, 0.15) is 0 Å². The molecule has 0 aliphatic carbocycles. The van der Waals surface area contributed by atoms with Crippen LogP contribution in [-0.4, -0.2) is 31.4 Å². The maximum atomic E-state index is 11.9. The highest BCUT2D eigenvalue weighted by atomic mass is 32.2. The highest BCUT2D eigenvalue weighted by Gasteiger charge is 2.31. The number of rotatable bonds is 3. The first-order chi connectivity index (χ1) is 8.20. The number of carbonyl (C=O) groups is 1. The minimum Gasteiger partial charge on any atom is -0.379 e. The van der Waals surface area contributed by atoms with E-state index in [9.17, 15) is 4.79 Å². The lowest BCUT2D eigenvalue weighted by molar-refractivity contribution is -0.120. The zero-order chi connectivity index (χ0) is 12.3. The number of anilines is 1. The number of hydrogen-bond acceptors (Lipinski definition) is 4. The molecule has 2 rings (SSSR count). The highest BCUT2D eigenvalue weighted by molar-refractivity contribution is 7.98. The van der Waals surface area contributed by atoms with Gasteiger partial charge in [-0.3, -0.25) is 4.79 Å². The van der Waals surface area contributed by atoms with Crippen LogP contribution in [0.15, 0.2) is 29.2 Å². The number of benzene rings is 1. The number of nitrogens with one attached hydrogen (secondary N) is 1. The SMILES string of the molecule is CSc1ccc(NC(=O)C2COCC2N)cc1. The fraction of sp³-hybridized carbons (Fsp3) is 0.417. The van der Waals surface area contributed by atoms with Gasteiger partial charge in [-0.1, -0.05) is 0 Å². The third-order valence-corrected chi connectivity index (χ3v) is 3.56. The molecule has 1 heterocycles. The van der Waals surface area contributed by atoms with Crippen molar-refractivity contribution >= 4 is 23.4 Å². The summed E-state index contributed by atoms with van der Waals surface area (Å²) in [4.78, 5) is 13.1. The summed E-state index contributed by atoms with van der Waals surface area (Å²) in [5.74, 6) is -0.304. The lowest BCUT2D eigenvalue weighted by atomic mass is 10.0. The van der Waals surface area contributed by atoms with E-state index in [1.807, 2.05) is 30.5 Å². The molecule has 1 aromatic carbocycles. The van der Waals surface area contributed by atoms with Crippen LogP contribution in [0.3, 0.4) is 0 Å². The Hall–Kier alpha value is -1.04. The topological polar surface area (TPSA) is 64.3 Å². The number of carbonyl (C=O) groups excluding carboxylic acids is 1. The minimum atomic E-state index is -0.241. The van der Waals surface area contributed by atoms with E-state index in [1.54, 1.807) is 11.8 Å². The number of ether oxygens (including phenoxy) is 1. The Bertz CT molecular complexity index is 394. The van der Waals surface area contributed by atoms with Gasteiger partial charge < -0.3 is 15.8 Å². The van der Waals surface area contributed by atoms with Gasteiger partial charge in [-0.15, -0.1) is 11.8 Å². The van der Waals surface area contributed by atoms with E-state index >= 15 is 0 Å². The molecule has 0 bridgehead atoms. The van der Waals surface area contributed by atoms with Crippen molar-refractivity contribution in [3.8, 4) is 0 Å². The number of amides is 1. The molecule has 0 saturated carbocycles. The average molecular weight is 252 g/mol. The Labute approximate surface area is 105 Å². The van der Waals surface area contributed by atoms with Crippen LogP contribution in [0.5, 0.6) is 0 Å². The summed E-state index contributed by atoms with van der Waals surface area (Å²) in [6.07, 6.45) is 2.02. The fourth-order valence-electron chi connectivity index (χ4n) is 1.75. The molecule has 1 aliphatic heterocycles. The van der Waals surface area contributed by atoms with Crippen LogP contribution in [0.2, 0.25) is 0 Å². The summed E-state index contributed by atoms with van der Waals surface area (Å²) in [5.41, 5.74) is 6.59. The molecule has 1 saturated heterocycles. The second-order valence-electron chi connectivity index (χ2n) is 4.03. The van der Waals surface area contributed by atoms with Crippen molar-refractivity contribution in [3.63, 3.8) is 0 Å². The van der Waals surface area contributed by atoms with Crippen molar-refractivity contribution in [2.45, 2.75) is 10.9 Å². The molecule has 0 radical (unpaired) electrons. The van der Waals surface area contributed by atoms with Crippen molar-refractivity contribution in [2.75, 3.05) is 24.8 Å². The zero-order valence-electron chi connectivity index (χ0n) is 9.68. The van der Waals surface area contributed by atoms with Gasteiger partial charge in [-0.05, 0) is 30.5 Å². The summed E-state index contributed by atoms with van der Waals surface area (Å²) in [5, 5.41) is 2.86. The number of nitrogens with two attached hydrogens (primary N) is 1. The van der Waals surface area contributed by atoms with Gasteiger partial charge in [0.15, 0.2) is 0 Å². The van der Waals surface area contributed by atoms with Crippen LogP contribution < -0.4 is 11.1 Å². The molecule has 17 heavy (non-hydrogen) atoms. The lowest BCUT2D eigenvalue weighted by Gasteiger charge is -2.13. The molecule has 2 atom stereocenters. The van der Waals surface area contributed by atoms with Gasteiger partial charge >= 0.3 is 0 Å². The minimum absolute atomic E-state index is 0.0631. The average Bonchev–Trinajstić information content (AvgIpc) is 2.76. The molecule has 92 valence electrons. The van der Waals surface area contributed by atoms with Crippen LogP contribution >= 0.6 is 11.8 Å². The maximum absolute atomic E-state index is 11.9. The van der Waals surface area contributed by atoms with Crippen molar-refractivity contribution in [2.24, 2.45) is 11.7 Å². The van der Waals surface area contributed by atoms with E-state index in [4.69, 9.17) is 10.5 Å². The molecular weight excluding hydrogens is 236 g/mol. The normalized spacial score (nSPS) is 23.6. The summed E-state index contributed by atoms with van der Waals surface area (Å²) in [6.45, 7) is 0.874. The molecule has 1 aromatic rings. The standard InChI is InChI=1S/C12H16N2O2S/c1-17-9-4-2-8(3-5-9)14-12(15)10-6-16-7-11(10)13/h2-5,10-11H,6-7,13H2,1H3,(H,14,15). The third-order valence-electron chi connectivity index (χ3n) is 2.82. The summed E-state index contributed by atoms with van der Waals surface area (Å²) in [7, 11) is 0. The third kappa shape index (κ3) is 3.00. The maximum Gasteiger partial charge on any atom is 0.231 e. The molecular formula is C12H16N2O2S. The van der Waals surface area contributed by atoms with Crippen molar-refractivity contribution in [3.05, 3.63) is 24.3 Å². The summed E-state index contributed by atoms with van der Waals surface area (Å²) >= 11 is 1.67. The van der Waals surface area contributed by atoms with E-state index in [0.717, 1.165) is 5.69 Å². The van der Waals surface area contributed by atoms with Crippen LogP contribution in [0, 0.1) is 5.92 Å². The Morgan fingerprint density at radius 1 is 1.41 bits per heavy atom. The number of thioether (sulfide) groups is 1. The highest BCUT2D eigenvalue weighted by Crippen LogP contribution is 2.19. The Kier molecular flexibility index (Phi) is 4.04. The largest absolute Gasteiger partial charge is 0.379 e. The van der Waals surface area contributed by atoms with Gasteiger partial charge in [-0.25, -0.2) is 0 Å². The molecule has 1 amide bonds. The summed E-state index contributed by atoms with van der Waals surface area (Å²) < 4.78 is 5.18. The molecule has 1 fully saturated rings. The Balaban J connectivity index is 1.97. The number of hydrogen-bond donors (Lipinski definition) is 2. The van der Waals surface area contributed by atoms with Gasteiger partial charge in [-0.2, -0.15) is 0 Å². The zero-order valence-corrected chi connectivity index (χ0v) is 10.5. The van der Waals surface area contributed by atoms with Gasteiger partial charge in [0.25, 0.3) is 0 Å². The van der Waals surface area contributed by atoms with Crippen LogP contribution in [0.25, 0.3) is 0 Å². The predicted octanol–water partition coefficient (Wildman–Crippen LogP) is 1.32. The van der Waals surface area contributed by atoms with Gasteiger partial charge in [0.05, 0.1) is 19.1 Å². The van der Waals surface area contributed by atoms with Crippen LogP contribution in [-0.2, 0) is 9.53 Å². The lowest BCUT2D eigenvalue weighted by Crippen LogP contribution is -2.37. The quantitative estimate of drug-likeness (QED) is 0.796.